The second-order valence-electron chi connectivity index (χ2n) is 0.283. The summed E-state index contributed by atoms with van der Waals surface area (Å²) in [5, 5.41) is 20.2. The molecule has 0 aliphatic heterocycles. The maximum atomic E-state index is 8.56. The molecule has 0 aromatic carbocycles. The van der Waals surface area contributed by atoms with Gasteiger partial charge in [0.25, 0.3) is 0 Å². The van der Waals surface area contributed by atoms with E-state index in [2.05, 4.69) is 0 Å². The molecule has 0 radical (unpaired) electrons. The molecule has 0 heterocycles. The van der Waals surface area contributed by atoms with E-state index in [4.69, 9.17) is 26.1 Å². The van der Waals surface area contributed by atoms with Crippen molar-refractivity contribution in [2.24, 2.45) is 0 Å². The smallest absolute Gasteiger partial charge is 0.553 e. The van der Waals surface area contributed by atoms with Crippen molar-refractivity contribution in [1.29, 1.82) is 0 Å². The molecule has 0 rings (SSSR count). The molecule has 0 aromatic heterocycles. The molecular formula is CH4NNaO4. The minimum atomic E-state index is -1.83. The van der Waals surface area contributed by atoms with Crippen molar-refractivity contribution in [3.8, 4) is 0 Å². The Balaban J connectivity index is -0.0000000480. The van der Waals surface area contributed by atoms with Crippen LogP contribution in [0.5, 0.6) is 0 Å². The standard InChI is InChI=1S/CH2O3.H2NO.Na/c2-1(3)4;1-2;/h(H2,2,3,4);1-2H;/q;-1;+1. The minimum Gasteiger partial charge on any atom is -0.553 e. The van der Waals surface area contributed by atoms with Gasteiger partial charge in [-0.05, 0) is 0 Å². The van der Waals surface area contributed by atoms with E-state index in [-0.39, 0.29) is 29.6 Å². The Labute approximate surface area is 62.0 Å². The van der Waals surface area contributed by atoms with E-state index in [1.54, 1.807) is 0 Å². The van der Waals surface area contributed by atoms with Gasteiger partial charge in [-0.1, -0.05) is 0 Å². The van der Waals surface area contributed by atoms with Crippen LogP contribution in [-0.4, -0.2) is 21.6 Å². The number of nitrogens with one attached hydrogen (secondary N) is 1. The topological polar surface area (TPSA) is 102 Å². The predicted octanol–water partition coefficient (Wildman–Crippen LogP) is -2.35. The van der Waals surface area contributed by atoms with Crippen LogP contribution in [0.25, 0.3) is 5.90 Å². The van der Waals surface area contributed by atoms with E-state index in [1.165, 1.54) is 0 Å². The molecule has 0 aliphatic rings. The Morgan fingerprint density at radius 2 is 1.29 bits per heavy atom. The maximum Gasteiger partial charge on any atom is 1.00 e. The molecule has 0 spiro atoms. The quantitative estimate of drug-likeness (QED) is 0.244. The Morgan fingerprint density at radius 3 is 1.29 bits per heavy atom. The van der Waals surface area contributed by atoms with Gasteiger partial charge >= 0.3 is 35.7 Å². The van der Waals surface area contributed by atoms with Crippen LogP contribution < -0.4 is 29.6 Å². The first-order chi connectivity index (χ1) is 2.73. The zero-order valence-electron chi connectivity index (χ0n) is 3.75. The molecule has 4 N–H and O–H groups in total. The van der Waals surface area contributed by atoms with Crippen LogP contribution in [0.3, 0.4) is 0 Å². The van der Waals surface area contributed by atoms with E-state index in [0.29, 0.717) is 0 Å². The van der Waals surface area contributed by atoms with E-state index in [1.807, 2.05) is 0 Å². The molecule has 0 bridgehead atoms. The summed E-state index contributed by atoms with van der Waals surface area (Å²) in [5.74, 6) is 4.75. The molecule has 0 unspecified atom stereocenters. The number of rotatable bonds is 0. The van der Waals surface area contributed by atoms with Crippen molar-refractivity contribution in [3.05, 3.63) is 5.90 Å². The number of carboxylic acid groups (broad SMARTS) is 2. The summed E-state index contributed by atoms with van der Waals surface area (Å²) < 4.78 is 0. The fraction of sp³-hybridized carbons (Fsp3) is 0. The first-order valence-electron chi connectivity index (χ1n) is 0.875. The molecule has 0 saturated heterocycles. The molecule has 7 heavy (non-hydrogen) atoms. The van der Waals surface area contributed by atoms with Gasteiger partial charge in [0.05, 0.1) is 0 Å². The third-order valence-electron chi connectivity index (χ3n) is 0. The summed E-state index contributed by atoms with van der Waals surface area (Å²) in [6, 6.07) is 0. The monoisotopic (exact) mass is 117 g/mol. The number of hydrogen-bond donors (Lipinski definition) is 3. The van der Waals surface area contributed by atoms with Gasteiger partial charge in [-0.25, -0.2) is 4.79 Å². The minimum absolute atomic E-state index is 0. The summed E-state index contributed by atoms with van der Waals surface area (Å²) in [6.45, 7) is 0. The van der Waals surface area contributed by atoms with Gasteiger partial charge in [0.2, 0.25) is 0 Å². The Bertz CT molecular complexity index is 34.7. The zero-order valence-corrected chi connectivity index (χ0v) is 5.75. The van der Waals surface area contributed by atoms with Crippen molar-refractivity contribution < 1.29 is 49.8 Å². The molecule has 6 heteroatoms. The molecular weight excluding hydrogens is 113 g/mol. The van der Waals surface area contributed by atoms with Crippen molar-refractivity contribution in [2.45, 2.75) is 0 Å². The van der Waals surface area contributed by atoms with Gasteiger partial charge < -0.3 is 21.3 Å². The summed E-state index contributed by atoms with van der Waals surface area (Å²) >= 11 is 0. The first-order valence-corrected chi connectivity index (χ1v) is 0.875. The Kier molecular flexibility index (Phi) is 36.7. The van der Waals surface area contributed by atoms with Crippen molar-refractivity contribution in [2.75, 3.05) is 0 Å². The molecule has 38 valence electrons. The molecule has 0 fully saturated rings. The van der Waals surface area contributed by atoms with Gasteiger partial charge in [0.15, 0.2) is 0 Å². The van der Waals surface area contributed by atoms with Crippen LogP contribution in [0.15, 0.2) is 0 Å². The van der Waals surface area contributed by atoms with E-state index in [0.717, 1.165) is 0 Å². The second-order valence-corrected chi connectivity index (χ2v) is 0.283. The van der Waals surface area contributed by atoms with E-state index in [9.17, 15) is 0 Å². The molecule has 0 aliphatic carbocycles. The van der Waals surface area contributed by atoms with Gasteiger partial charge in [-0.2, -0.15) is 0 Å². The normalized spacial score (nSPS) is 4.29. The van der Waals surface area contributed by atoms with Crippen LogP contribution in [0, 0.1) is 0 Å². The van der Waals surface area contributed by atoms with Gasteiger partial charge in [-0.3, -0.25) is 0 Å². The summed E-state index contributed by atoms with van der Waals surface area (Å²) in [7, 11) is 0. The van der Waals surface area contributed by atoms with Crippen LogP contribution in [0.4, 0.5) is 4.79 Å². The number of carbonyl (C=O) groups is 1. The molecule has 0 saturated carbocycles. The largest absolute Gasteiger partial charge is 1.00 e. The fourth-order valence-corrected chi connectivity index (χ4v) is 0. The van der Waals surface area contributed by atoms with Crippen LogP contribution in [-0.2, 0) is 0 Å². The van der Waals surface area contributed by atoms with Crippen LogP contribution >= 0.6 is 0 Å². The third-order valence-corrected chi connectivity index (χ3v) is 0. The van der Waals surface area contributed by atoms with Crippen LogP contribution in [0.2, 0.25) is 0 Å². The average molecular weight is 117 g/mol. The van der Waals surface area contributed by atoms with Crippen molar-refractivity contribution in [3.63, 3.8) is 0 Å². The van der Waals surface area contributed by atoms with Crippen molar-refractivity contribution >= 4 is 6.16 Å². The third kappa shape index (κ3) is 3010. The molecule has 0 amide bonds. The number of hydrogen-bond acceptors (Lipinski definition) is 2. The Hall–Kier alpha value is 0.190. The summed E-state index contributed by atoms with van der Waals surface area (Å²) in [6.07, 6.45) is -1.83. The van der Waals surface area contributed by atoms with Gasteiger partial charge in [0.1, 0.15) is 0 Å². The molecule has 0 atom stereocenters. The predicted molar refractivity (Wildman–Crippen MR) is 16.8 cm³/mol. The fourth-order valence-electron chi connectivity index (χ4n) is 0. The maximum absolute atomic E-state index is 8.56. The van der Waals surface area contributed by atoms with E-state index >= 15 is 0 Å². The zero-order chi connectivity index (χ0) is 5.58. The molecule has 0 aromatic rings. The summed E-state index contributed by atoms with van der Waals surface area (Å²) in [5.41, 5.74) is 0. The van der Waals surface area contributed by atoms with E-state index < -0.39 is 6.16 Å². The molecule has 5 nitrogen and oxygen atoms in total. The average Bonchev–Trinajstić information content (AvgIpc) is 1.41. The summed E-state index contributed by atoms with van der Waals surface area (Å²) in [4.78, 5) is 8.56. The Morgan fingerprint density at radius 1 is 1.29 bits per heavy atom. The van der Waals surface area contributed by atoms with Gasteiger partial charge in [-0.15, -0.1) is 0 Å². The second kappa shape index (κ2) is 16.4. The SMILES string of the molecule is O=C(O)O.[NH-]O.[Na+]. The van der Waals surface area contributed by atoms with Gasteiger partial charge in [0, 0.05) is 0 Å². The van der Waals surface area contributed by atoms with Crippen LogP contribution in [0.1, 0.15) is 0 Å². The van der Waals surface area contributed by atoms with Crippen molar-refractivity contribution in [1.82, 2.24) is 0 Å². The first kappa shape index (κ1) is 15.7.